The van der Waals surface area contributed by atoms with Gasteiger partial charge in [-0.2, -0.15) is 0 Å². The predicted octanol–water partition coefficient (Wildman–Crippen LogP) is 4.22. The smallest absolute Gasteiger partial charge is 0.203 e. The zero-order valence-corrected chi connectivity index (χ0v) is 12.8. The number of fused-ring (bicyclic) bond motifs is 1. The molecule has 1 saturated heterocycles. The number of H-pyrrole nitrogens is 1. The maximum absolute atomic E-state index is 4.71. The van der Waals surface area contributed by atoms with E-state index in [1.165, 1.54) is 19.3 Å². The van der Waals surface area contributed by atoms with Crippen LogP contribution in [0.15, 0.2) is 24.3 Å². The number of para-hydroxylation sites is 2. The number of anilines is 1. The first-order chi connectivity index (χ1) is 9.51. The van der Waals surface area contributed by atoms with Crippen molar-refractivity contribution in [2.45, 2.75) is 40.0 Å². The van der Waals surface area contributed by atoms with Crippen LogP contribution in [0.25, 0.3) is 11.0 Å². The van der Waals surface area contributed by atoms with Crippen LogP contribution in [0.5, 0.6) is 0 Å². The largest absolute Gasteiger partial charge is 0.342 e. The van der Waals surface area contributed by atoms with Crippen molar-refractivity contribution in [1.29, 1.82) is 0 Å². The molecule has 0 amide bonds. The Labute approximate surface area is 121 Å². The molecule has 1 aromatic carbocycles. The molecular weight excluding hydrogens is 246 g/mol. The van der Waals surface area contributed by atoms with Crippen molar-refractivity contribution < 1.29 is 0 Å². The van der Waals surface area contributed by atoms with Gasteiger partial charge in [-0.15, -0.1) is 0 Å². The van der Waals surface area contributed by atoms with E-state index < -0.39 is 0 Å². The van der Waals surface area contributed by atoms with E-state index in [9.17, 15) is 0 Å². The third-order valence-corrected chi connectivity index (χ3v) is 4.19. The molecule has 3 heteroatoms. The summed E-state index contributed by atoms with van der Waals surface area (Å²) < 4.78 is 0. The SMILES string of the molecule is CC(C)(C)CC1CCN(c2nc3ccccc3[nH]2)CC1. The number of hydrogen-bond donors (Lipinski definition) is 1. The Kier molecular flexibility index (Phi) is 3.45. The van der Waals surface area contributed by atoms with Gasteiger partial charge in [-0.1, -0.05) is 32.9 Å². The average Bonchev–Trinajstić information content (AvgIpc) is 2.81. The second kappa shape index (κ2) is 5.12. The molecule has 0 aliphatic carbocycles. The maximum Gasteiger partial charge on any atom is 0.203 e. The summed E-state index contributed by atoms with van der Waals surface area (Å²) in [6, 6.07) is 8.27. The number of nitrogens with one attached hydrogen (secondary N) is 1. The first kappa shape index (κ1) is 13.5. The minimum atomic E-state index is 0.451. The van der Waals surface area contributed by atoms with E-state index in [1.54, 1.807) is 0 Å². The van der Waals surface area contributed by atoms with Crippen molar-refractivity contribution in [1.82, 2.24) is 9.97 Å². The molecule has 1 N–H and O–H groups in total. The Balaban J connectivity index is 1.66. The lowest BCUT2D eigenvalue weighted by atomic mass is 9.80. The lowest BCUT2D eigenvalue weighted by Crippen LogP contribution is -2.35. The van der Waals surface area contributed by atoms with Crippen LogP contribution in [0.4, 0.5) is 5.95 Å². The minimum absolute atomic E-state index is 0.451. The molecule has 3 nitrogen and oxygen atoms in total. The van der Waals surface area contributed by atoms with Crippen LogP contribution in [0.2, 0.25) is 0 Å². The standard InChI is InChI=1S/C17H25N3/c1-17(2,3)12-13-8-10-20(11-9-13)16-18-14-6-4-5-7-15(14)19-16/h4-7,13H,8-12H2,1-3H3,(H,18,19). The molecule has 0 bridgehead atoms. The van der Waals surface area contributed by atoms with Gasteiger partial charge in [-0.05, 0) is 42.7 Å². The van der Waals surface area contributed by atoms with Crippen molar-refractivity contribution in [2.75, 3.05) is 18.0 Å². The predicted molar refractivity (Wildman–Crippen MR) is 85.1 cm³/mol. The van der Waals surface area contributed by atoms with Gasteiger partial charge in [-0.3, -0.25) is 0 Å². The van der Waals surface area contributed by atoms with Crippen molar-refractivity contribution in [3.8, 4) is 0 Å². The van der Waals surface area contributed by atoms with Crippen molar-refractivity contribution >= 4 is 17.0 Å². The number of hydrogen-bond acceptors (Lipinski definition) is 2. The Hall–Kier alpha value is -1.51. The van der Waals surface area contributed by atoms with E-state index >= 15 is 0 Å². The second-order valence-corrected chi connectivity index (χ2v) is 7.27. The van der Waals surface area contributed by atoms with Gasteiger partial charge < -0.3 is 9.88 Å². The quantitative estimate of drug-likeness (QED) is 0.887. The number of imidazole rings is 1. The van der Waals surface area contributed by atoms with Gasteiger partial charge in [-0.25, -0.2) is 4.98 Å². The molecule has 0 atom stereocenters. The molecule has 0 radical (unpaired) electrons. The molecule has 3 rings (SSSR count). The van der Waals surface area contributed by atoms with Gasteiger partial charge in [0.15, 0.2) is 0 Å². The highest BCUT2D eigenvalue weighted by atomic mass is 15.3. The first-order valence-corrected chi connectivity index (χ1v) is 7.71. The fourth-order valence-corrected chi connectivity index (χ4v) is 3.30. The highest BCUT2D eigenvalue weighted by molar-refractivity contribution is 5.77. The van der Waals surface area contributed by atoms with Crippen LogP contribution in [-0.4, -0.2) is 23.1 Å². The van der Waals surface area contributed by atoms with Crippen LogP contribution < -0.4 is 4.90 Å². The summed E-state index contributed by atoms with van der Waals surface area (Å²) in [5.74, 6) is 1.91. The van der Waals surface area contributed by atoms with Gasteiger partial charge >= 0.3 is 0 Å². The van der Waals surface area contributed by atoms with E-state index in [2.05, 4.69) is 48.9 Å². The Morgan fingerprint density at radius 1 is 1.20 bits per heavy atom. The fourth-order valence-electron chi connectivity index (χ4n) is 3.30. The molecule has 1 aromatic heterocycles. The van der Waals surface area contributed by atoms with Crippen LogP contribution in [0, 0.1) is 11.3 Å². The van der Waals surface area contributed by atoms with Gasteiger partial charge in [0.1, 0.15) is 0 Å². The van der Waals surface area contributed by atoms with Crippen molar-refractivity contribution in [3.63, 3.8) is 0 Å². The first-order valence-electron chi connectivity index (χ1n) is 7.71. The zero-order chi connectivity index (χ0) is 14.2. The molecule has 0 saturated carbocycles. The number of rotatable bonds is 2. The number of piperidine rings is 1. The average molecular weight is 271 g/mol. The lowest BCUT2D eigenvalue weighted by molar-refractivity contribution is 0.258. The van der Waals surface area contributed by atoms with E-state index in [1.807, 2.05) is 6.07 Å². The Morgan fingerprint density at radius 2 is 1.90 bits per heavy atom. The Morgan fingerprint density at radius 3 is 2.55 bits per heavy atom. The third-order valence-electron chi connectivity index (χ3n) is 4.19. The number of aromatic amines is 1. The van der Waals surface area contributed by atoms with Gasteiger partial charge in [0.05, 0.1) is 11.0 Å². The van der Waals surface area contributed by atoms with Crippen molar-refractivity contribution in [3.05, 3.63) is 24.3 Å². The summed E-state index contributed by atoms with van der Waals surface area (Å²) in [5.41, 5.74) is 2.66. The lowest BCUT2D eigenvalue weighted by Gasteiger charge is -2.34. The van der Waals surface area contributed by atoms with E-state index in [0.29, 0.717) is 5.41 Å². The summed E-state index contributed by atoms with van der Waals surface area (Å²) in [6.45, 7) is 9.29. The molecule has 2 heterocycles. The fraction of sp³-hybridized carbons (Fsp3) is 0.588. The summed E-state index contributed by atoms with van der Waals surface area (Å²) in [5, 5.41) is 0. The van der Waals surface area contributed by atoms with Crippen LogP contribution >= 0.6 is 0 Å². The van der Waals surface area contributed by atoms with E-state index in [-0.39, 0.29) is 0 Å². The molecule has 20 heavy (non-hydrogen) atoms. The minimum Gasteiger partial charge on any atom is -0.342 e. The van der Waals surface area contributed by atoms with E-state index in [4.69, 9.17) is 4.98 Å². The second-order valence-electron chi connectivity index (χ2n) is 7.27. The summed E-state index contributed by atoms with van der Waals surface area (Å²) >= 11 is 0. The summed E-state index contributed by atoms with van der Waals surface area (Å²) in [4.78, 5) is 10.6. The molecule has 1 aliphatic rings. The molecular formula is C17H25N3. The molecule has 2 aromatic rings. The topological polar surface area (TPSA) is 31.9 Å². The molecule has 1 fully saturated rings. The molecule has 0 spiro atoms. The number of aromatic nitrogens is 2. The monoisotopic (exact) mass is 271 g/mol. The van der Waals surface area contributed by atoms with Crippen LogP contribution in [-0.2, 0) is 0 Å². The van der Waals surface area contributed by atoms with Crippen LogP contribution in [0.3, 0.4) is 0 Å². The zero-order valence-electron chi connectivity index (χ0n) is 12.8. The van der Waals surface area contributed by atoms with Crippen LogP contribution in [0.1, 0.15) is 40.0 Å². The molecule has 1 aliphatic heterocycles. The van der Waals surface area contributed by atoms with Gasteiger partial charge in [0.25, 0.3) is 0 Å². The molecule has 108 valence electrons. The highest BCUT2D eigenvalue weighted by Gasteiger charge is 2.25. The van der Waals surface area contributed by atoms with Gasteiger partial charge in [0.2, 0.25) is 5.95 Å². The van der Waals surface area contributed by atoms with Crippen molar-refractivity contribution in [2.24, 2.45) is 11.3 Å². The normalized spacial score (nSPS) is 17.9. The molecule has 0 unspecified atom stereocenters. The Bertz CT molecular complexity index is 538. The summed E-state index contributed by atoms with van der Waals surface area (Å²) in [6.07, 6.45) is 3.91. The highest BCUT2D eigenvalue weighted by Crippen LogP contribution is 2.32. The maximum atomic E-state index is 4.71. The third kappa shape index (κ3) is 2.97. The van der Waals surface area contributed by atoms with E-state index in [0.717, 1.165) is 36.0 Å². The number of nitrogens with zero attached hydrogens (tertiary/aromatic N) is 2. The summed E-state index contributed by atoms with van der Waals surface area (Å²) in [7, 11) is 0. The van der Waals surface area contributed by atoms with Gasteiger partial charge in [0, 0.05) is 13.1 Å². The number of benzene rings is 1.